The first-order chi connectivity index (χ1) is 10.0. The first-order valence-corrected chi connectivity index (χ1v) is 7.88. The Balaban J connectivity index is 2.50. The summed E-state index contributed by atoms with van der Waals surface area (Å²) in [7, 11) is 0. The zero-order valence-corrected chi connectivity index (χ0v) is 14.3. The molecule has 6 nitrogen and oxygen atoms in total. The van der Waals surface area contributed by atoms with Crippen LogP contribution in [0.1, 0.15) is 53.9 Å². The van der Waals surface area contributed by atoms with E-state index >= 15 is 0 Å². The average molecular weight is 311 g/mol. The van der Waals surface area contributed by atoms with Crippen molar-refractivity contribution in [3.63, 3.8) is 0 Å². The fourth-order valence-electron chi connectivity index (χ4n) is 3.09. The van der Waals surface area contributed by atoms with Crippen LogP contribution in [-0.4, -0.2) is 36.3 Å². The molecule has 1 saturated heterocycles. The van der Waals surface area contributed by atoms with Crippen molar-refractivity contribution in [1.82, 2.24) is 16.0 Å². The standard InChI is InChI=1S/C16H29N3O3/c1-15(2,3)10-16(4,5)19-14(22)13(21)18-12(20)11-6-8-17-9-7-11/h11,17H,6-10H2,1-5H3,(H,19,22)(H,18,20,21). The summed E-state index contributed by atoms with van der Waals surface area (Å²) in [5.74, 6) is -2.17. The van der Waals surface area contributed by atoms with Crippen LogP contribution in [-0.2, 0) is 14.4 Å². The van der Waals surface area contributed by atoms with E-state index in [0.717, 1.165) is 19.5 Å². The zero-order valence-electron chi connectivity index (χ0n) is 14.3. The summed E-state index contributed by atoms with van der Waals surface area (Å²) in [6.07, 6.45) is 2.10. The molecule has 1 fully saturated rings. The highest BCUT2D eigenvalue weighted by molar-refractivity contribution is 6.38. The molecule has 6 heteroatoms. The first kappa shape index (κ1) is 18.6. The Hall–Kier alpha value is -1.43. The van der Waals surface area contributed by atoms with Crippen LogP contribution >= 0.6 is 0 Å². The fourth-order valence-corrected chi connectivity index (χ4v) is 3.09. The molecule has 0 bridgehead atoms. The van der Waals surface area contributed by atoms with E-state index in [1.54, 1.807) is 0 Å². The third-order valence-electron chi connectivity index (χ3n) is 3.58. The Morgan fingerprint density at radius 2 is 1.55 bits per heavy atom. The quantitative estimate of drug-likeness (QED) is 0.678. The van der Waals surface area contributed by atoms with Crippen LogP contribution in [0, 0.1) is 11.3 Å². The van der Waals surface area contributed by atoms with Crippen molar-refractivity contribution in [2.24, 2.45) is 11.3 Å². The van der Waals surface area contributed by atoms with Gasteiger partial charge in [-0.15, -0.1) is 0 Å². The lowest BCUT2D eigenvalue weighted by Crippen LogP contribution is -2.53. The highest BCUT2D eigenvalue weighted by atomic mass is 16.2. The summed E-state index contributed by atoms with van der Waals surface area (Å²) in [5, 5.41) is 8.08. The van der Waals surface area contributed by atoms with Crippen molar-refractivity contribution < 1.29 is 14.4 Å². The van der Waals surface area contributed by atoms with Gasteiger partial charge in [0, 0.05) is 11.5 Å². The van der Waals surface area contributed by atoms with Crippen molar-refractivity contribution >= 4 is 17.7 Å². The molecule has 3 amide bonds. The van der Waals surface area contributed by atoms with Gasteiger partial charge < -0.3 is 10.6 Å². The summed E-state index contributed by atoms with van der Waals surface area (Å²) in [4.78, 5) is 35.8. The smallest absolute Gasteiger partial charge is 0.315 e. The molecular formula is C16H29N3O3. The molecular weight excluding hydrogens is 282 g/mol. The van der Waals surface area contributed by atoms with Gasteiger partial charge in [-0.05, 0) is 51.6 Å². The van der Waals surface area contributed by atoms with Crippen molar-refractivity contribution in [2.45, 2.75) is 59.4 Å². The number of carbonyl (C=O) groups is 3. The molecule has 0 spiro atoms. The van der Waals surface area contributed by atoms with Crippen LogP contribution in [0.5, 0.6) is 0 Å². The van der Waals surface area contributed by atoms with Crippen LogP contribution in [0.25, 0.3) is 0 Å². The monoisotopic (exact) mass is 311 g/mol. The molecule has 1 rings (SSSR count). The number of imide groups is 1. The Labute approximate surface area is 132 Å². The third kappa shape index (κ3) is 6.56. The Bertz CT molecular complexity index is 432. The molecule has 0 radical (unpaired) electrons. The molecule has 3 N–H and O–H groups in total. The lowest BCUT2D eigenvalue weighted by Gasteiger charge is -2.33. The number of nitrogens with one attached hydrogen (secondary N) is 3. The second kappa shape index (κ2) is 7.22. The van der Waals surface area contributed by atoms with E-state index in [2.05, 4.69) is 36.7 Å². The molecule has 22 heavy (non-hydrogen) atoms. The molecule has 0 aromatic heterocycles. The maximum atomic E-state index is 12.0. The minimum absolute atomic E-state index is 0.0260. The number of rotatable bonds is 3. The summed E-state index contributed by atoms with van der Waals surface area (Å²) >= 11 is 0. The summed E-state index contributed by atoms with van der Waals surface area (Å²) in [6, 6.07) is 0. The Morgan fingerprint density at radius 3 is 2.05 bits per heavy atom. The molecule has 1 aliphatic heterocycles. The van der Waals surface area contributed by atoms with Crippen molar-refractivity contribution in [3.05, 3.63) is 0 Å². The topological polar surface area (TPSA) is 87.3 Å². The normalized spacial score (nSPS) is 17.0. The van der Waals surface area contributed by atoms with Gasteiger partial charge >= 0.3 is 11.8 Å². The van der Waals surface area contributed by atoms with Crippen LogP contribution < -0.4 is 16.0 Å². The Morgan fingerprint density at radius 1 is 1.00 bits per heavy atom. The molecule has 0 unspecified atom stereocenters. The number of piperidine rings is 1. The highest BCUT2D eigenvalue weighted by Gasteiger charge is 2.31. The maximum absolute atomic E-state index is 12.0. The second-order valence-electron chi connectivity index (χ2n) is 7.92. The molecule has 0 aliphatic carbocycles. The fraction of sp³-hybridized carbons (Fsp3) is 0.812. The van der Waals surface area contributed by atoms with E-state index in [0.29, 0.717) is 12.8 Å². The summed E-state index contributed by atoms with van der Waals surface area (Å²) in [6.45, 7) is 11.5. The van der Waals surface area contributed by atoms with E-state index in [1.165, 1.54) is 0 Å². The summed E-state index contributed by atoms with van der Waals surface area (Å²) < 4.78 is 0. The molecule has 0 atom stereocenters. The van der Waals surface area contributed by atoms with Gasteiger partial charge in [-0.2, -0.15) is 0 Å². The van der Waals surface area contributed by atoms with E-state index in [1.807, 2.05) is 13.8 Å². The third-order valence-corrected chi connectivity index (χ3v) is 3.58. The number of hydrogen-bond acceptors (Lipinski definition) is 4. The average Bonchev–Trinajstić information content (AvgIpc) is 2.36. The Kier molecular flexibility index (Phi) is 6.11. The lowest BCUT2D eigenvalue weighted by molar-refractivity contribution is -0.144. The molecule has 0 aromatic carbocycles. The predicted molar refractivity (Wildman–Crippen MR) is 85.0 cm³/mol. The van der Waals surface area contributed by atoms with Crippen LogP contribution in [0.2, 0.25) is 0 Å². The van der Waals surface area contributed by atoms with Gasteiger partial charge in [-0.25, -0.2) is 0 Å². The van der Waals surface area contributed by atoms with Gasteiger partial charge in [-0.1, -0.05) is 20.8 Å². The lowest BCUT2D eigenvalue weighted by atomic mass is 9.82. The van der Waals surface area contributed by atoms with E-state index in [-0.39, 0.29) is 17.2 Å². The number of carbonyl (C=O) groups excluding carboxylic acids is 3. The number of amides is 3. The highest BCUT2D eigenvalue weighted by Crippen LogP contribution is 2.26. The van der Waals surface area contributed by atoms with Gasteiger partial charge in [-0.3, -0.25) is 19.7 Å². The van der Waals surface area contributed by atoms with Gasteiger partial charge in [0.1, 0.15) is 0 Å². The van der Waals surface area contributed by atoms with Crippen molar-refractivity contribution in [1.29, 1.82) is 0 Å². The second-order valence-corrected chi connectivity index (χ2v) is 7.92. The molecule has 0 aromatic rings. The molecule has 126 valence electrons. The predicted octanol–water partition coefficient (Wildman–Crippen LogP) is 0.960. The van der Waals surface area contributed by atoms with Gasteiger partial charge in [0.25, 0.3) is 0 Å². The van der Waals surface area contributed by atoms with E-state index in [4.69, 9.17) is 0 Å². The largest absolute Gasteiger partial charge is 0.343 e. The minimum atomic E-state index is -0.870. The van der Waals surface area contributed by atoms with Crippen LogP contribution in [0.15, 0.2) is 0 Å². The maximum Gasteiger partial charge on any atom is 0.315 e. The van der Waals surface area contributed by atoms with Crippen LogP contribution in [0.3, 0.4) is 0 Å². The van der Waals surface area contributed by atoms with Gasteiger partial charge in [0.05, 0.1) is 0 Å². The molecule has 0 saturated carbocycles. The zero-order chi connectivity index (χ0) is 17.0. The van der Waals surface area contributed by atoms with E-state index in [9.17, 15) is 14.4 Å². The van der Waals surface area contributed by atoms with Crippen LogP contribution in [0.4, 0.5) is 0 Å². The van der Waals surface area contributed by atoms with E-state index < -0.39 is 17.4 Å². The molecule has 1 heterocycles. The number of hydrogen-bond donors (Lipinski definition) is 3. The first-order valence-electron chi connectivity index (χ1n) is 7.88. The van der Waals surface area contributed by atoms with Crippen molar-refractivity contribution in [2.75, 3.05) is 13.1 Å². The summed E-state index contributed by atoms with van der Waals surface area (Å²) in [5.41, 5.74) is -0.483. The molecule has 1 aliphatic rings. The van der Waals surface area contributed by atoms with Gasteiger partial charge in [0.15, 0.2) is 0 Å². The SMILES string of the molecule is CC(C)(C)CC(C)(C)NC(=O)C(=O)NC(=O)C1CCNCC1. The van der Waals surface area contributed by atoms with Gasteiger partial charge in [0.2, 0.25) is 5.91 Å². The van der Waals surface area contributed by atoms with Crippen molar-refractivity contribution in [3.8, 4) is 0 Å². The minimum Gasteiger partial charge on any atom is -0.343 e.